The van der Waals surface area contributed by atoms with E-state index in [9.17, 15) is 9.59 Å². The molecule has 2 N–H and O–H groups in total. The summed E-state index contributed by atoms with van der Waals surface area (Å²) in [5.41, 5.74) is 2.80. The smallest absolute Gasteiger partial charge is 0.270 e. The van der Waals surface area contributed by atoms with E-state index < -0.39 is 0 Å². The molecule has 0 aliphatic heterocycles. The zero-order valence-electron chi connectivity index (χ0n) is 16.8. The monoisotopic (exact) mass is 394 g/mol. The van der Waals surface area contributed by atoms with Gasteiger partial charge in [-0.3, -0.25) is 14.0 Å². The number of aryl methyl sites for hydroxylation is 1. The van der Waals surface area contributed by atoms with Crippen LogP contribution in [0, 0.1) is 6.92 Å². The van der Waals surface area contributed by atoms with Gasteiger partial charge in [-0.25, -0.2) is 4.98 Å². The third-order valence-corrected chi connectivity index (χ3v) is 4.66. The van der Waals surface area contributed by atoms with E-state index in [2.05, 4.69) is 15.6 Å². The lowest BCUT2D eigenvalue weighted by atomic mass is 10.2. The number of hydrogen-bond donors (Lipinski definition) is 2. The molecule has 0 radical (unpaired) electrons. The van der Waals surface area contributed by atoms with Crippen LogP contribution in [0.1, 0.15) is 41.9 Å². The van der Waals surface area contributed by atoms with Crippen LogP contribution in [-0.2, 0) is 4.79 Å². The Morgan fingerprint density at radius 2 is 1.86 bits per heavy atom. The average molecular weight is 394 g/mol. The van der Waals surface area contributed by atoms with Crippen molar-refractivity contribution < 1.29 is 14.3 Å². The molecule has 2 amide bonds. The summed E-state index contributed by atoms with van der Waals surface area (Å²) in [4.78, 5) is 28.9. The Hall–Kier alpha value is -3.35. The molecule has 0 atom stereocenters. The van der Waals surface area contributed by atoms with Crippen molar-refractivity contribution in [2.45, 2.75) is 32.6 Å². The van der Waals surface area contributed by atoms with Crippen LogP contribution >= 0.6 is 0 Å². The highest BCUT2D eigenvalue weighted by atomic mass is 16.5. The van der Waals surface area contributed by atoms with E-state index in [0.717, 1.165) is 36.3 Å². The molecule has 0 saturated heterocycles. The van der Waals surface area contributed by atoms with E-state index in [1.54, 1.807) is 11.5 Å². The molecule has 0 fully saturated rings. The molecule has 1 aromatic carbocycles. The SMILES string of the molecule is COc1ccc(NC(=O)CCCCCNC(=O)c2c(C)nc3ccccn23)cc1. The minimum Gasteiger partial charge on any atom is -0.497 e. The van der Waals surface area contributed by atoms with Crippen LogP contribution in [0.3, 0.4) is 0 Å². The van der Waals surface area contributed by atoms with Gasteiger partial charge in [0.25, 0.3) is 5.91 Å². The number of nitrogens with zero attached hydrogens (tertiary/aromatic N) is 2. The van der Waals surface area contributed by atoms with Gasteiger partial charge < -0.3 is 15.4 Å². The van der Waals surface area contributed by atoms with Gasteiger partial charge >= 0.3 is 0 Å². The zero-order valence-corrected chi connectivity index (χ0v) is 16.8. The van der Waals surface area contributed by atoms with Crippen LogP contribution in [-0.4, -0.2) is 34.9 Å². The molecule has 0 spiro atoms. The maximum Gasteiger partial charge on any atom is 0.270 e. The lowest BCUT2D eigenvalue weighted by Gasteiger charge is -2.07. The third kappa shape index (κ3) is 5.34. The molecule has 0 saturated carbocycles. The number of carbonyl (C=O) groups excluding carboxylic acids is 2. The molecule has 3 aromatic rings. The van der Waals surface area contributed by atoms with Crippen LogP contribution < -0.4 is 15.4 Å². The Morgan fingerprint density at radius 1 is 1.07 bits per heavy atom. The van der Waals surface area contributed by atoms with Crippen molar-refractivity contribution in [3.8, 4) is 5.75 Å². The van der Waals surface area contributed by atoms with Crippen molar-refractivity contribution in [3.63, 3.8) is 0 Å². The van der Waals surface area contributed by atoms with Crippen LogP contribution in [0.25, 0.3) is 5.65 Å². The van der Waals surface area contributed by atoms with Gasteiger partial charge in [0, 0.05) is 24.8 Å². The van der Waals surface area contributed by atoms with E-state index in [1.807, 2.05) is 55.6 Å². The molecule has 2 aromatic heterocycles. The standard InChI is InChI=1S/C22H26N4O3/c1-16-21(26-15-7-5-8-19(26)24-16)22(28)23-14-6-3-4-9-20(27)25-17-10-12-18(29-2)13-11-17/h5,7-8,10-13,15H,3-4,6,9,14H2,1-2H3,(H,23,28)(H,25,27). The van der Waals surface area contributed by atoms with Gasteiger partial charge in [-0.1, -0.05) is 12.5 Å². The number of pyridine rings is 1. The molecule has 0 aliphatic rings. The maximum atomic E-state index is 12.5. The van der Waals surface area contributed by atoms with Gasteiger partial charge in [0.1, 0.15) is 17.1 Å². The summed E-state index contributed by atoms with van der Waals surface area (Å²) in [5.74, 6) is 0.614. The molecule has 29 heavy (non-hydrogen) atoms. The average Bonchev–Trinajstić information content (AvgIpc) is 3.06. The third-order valence-electron chi connectivity index (χ3n) is 4.66. The number of anilines is 1. The molecular weight excluding hydrogens is 368 g/mol. The molecule has 3 rings (SSSR count). The number of ether oxygens (including phenoxy) is 1. The Bertz CT molecular complexity index is 979. The van der Waals surface area contributed by atoms with E-state index in [0.29, 0.717) is 24.4 Å². The topological polar surface area (TPSA) is 84.7 Å². The second-order valence-corrected chi connectivity index (χ2v) is 6.82. The number of unbranched alkanes of at least 4 members (excludes halogenated alkanes) is 2. The van der Waals surface area contributed by atoms with Gasteiger partial charge in [0.2, 0.25) is 5.91 Å². The van der Waals surface area contributed by atoms with Gasteiger partial charge in [0.15, 0.2) is 0 Å². The summed E-state index contributed by atoms with van der Waals surface area (Å²) in [6, 6.07) is 12.9. The lowest BCUT2D eigenvalue weighted by Crippen LogP contribution is -2.26. The first-order chi connectivity index (χ1) is 14.1. The molecule has 2 heterocycles. The molecule has 0 aliphatic carbocycles. The number of rotatable bonds is 9. The number of methoxy groups -OCH3 is 1. The minimum absolute atomic E-state index is 0.0134. The number of fused-ring (bicyclic) bond motifs is 1. The summed E-state index contributed by atoms with van der Waals surface area (Å²) in [7, 11) is 1.61. The minimum atomic E-state index is -0.126. The Labute approximate surface area is 170 Å². The summed E-state index contributed by atoms with van der Waals surface area (Å²) >= 11 is 0. The number of nitrogens with one attached hydrogen (secondary N) is 2. The molecule has 7 heteroatoms. The van der Waals surface area contributed by atoms with Crippen molar-refractivity contribution in [1.29, 1.82) is 0 Å². The highest BCUT2D eigenvalue weighted by Crippen LogP contribution is 2.15. The normalized spacial score (nSPS) is 10.7. The lowest BCUT2D eigenvalue weighted by molar-refractivity contribution is -0.116. The fourth-order valence-electron chi connectivity index (χ4n) is 3.16. The van der Waals surface area contributed by atoms with Crippen molar-refractivity contribution in [3.05, 3.63) is 60.0 Å². The Morgan fingerprint density at radius 3 is 2.62 bits per heavy atom. The zero-order chi connectivity index (χ0) is 20.6. The first kappa shape index (κ1) is 20.4. The number of carbonyl (C=O) groups is 2. The van der Waals surface area contributed by atoms with Crippen LogP contribution in [0.2, 0.25) is 0 Å². The molecule has 152 valence electrons. The van der Waals surface area contributed by atoms with Crippen LogP contribution in [0.5, 0.6) is 5.75 Å². The van der Waals surface area contributed by atoms with E-state index in [4.69, 9.17) is 4.74 Å². The first-order valence-electron chi connectivity index (χ1n) is 9.74. The number of benzene rings is 1. The van der Waals surface area contributed by atoms with Gasteiger partial charge in [-0.05, 0) is 56.2 Å². The van der Waals surface area contributed by atoms with Crippen molar-refractivity contribution >= 4 is 23.1 Å². The second-order valence-electron chi connectivity index (χ2n) is 6.82. The van der Waals surface area contributed by atoms with Crippen molar-refractivity contribution in [1.82, 2.24) is 14.7 Å². The summed E-state index contributed by atoms with van der Waals surface area (Å²) in [6.07, 6.45) is 4.74. The predicted molar refractivity (Wildman–Crippen MR) is 112 cm³/mol. The molecule has 0 unspecified atom stereocenters. The first-order valence-corrected chi connectivity index (χ1v) is 9.74. The number of aromatic nitrogens is 2. The number of amides is 2. The largest absolute Gasteiger partial charge is 0.497 e. The van der Waals surface area contributed by atoms with Crippen LogP contribution in [0.4, 0.5) is 5.69 Å². The number of hydrogen-bond acceptors (Lipinski definition) is 4. The molecule has 7 nitrogen and oxygen atoms in total. The maximum absolute atomic E-state index is 12.5. The quantitative estimate of drug-likeness (QED) is 0.543. The summed E-state index contributed by atoms with van der Waals surface area (Å²) in [5, 5.41) is 5.81. The second kappa shape index (κ2) is 9.73. The van der Waals surface area contributed by atoms with E-state index in [-0.39, 0.29) is 11.8 Å². The van der Waals surface area contributed by atoms with E-state index >= 15 is 0 Å². The highest BCUT2D eigenvalue weighted by molar-refractivity contribution is 5.94. The fourth-order valence-corrected chi connectivity index (χ4v) is 3.16. The van der Waals surface area contributed by atoms with Crippen molar-refractivity contribution in [2.24, 2.45) is 0 Å². The Balaban J connectivity index is 1.35. The van der Waals surface area contributed by atoms with Crippen LogP contribution in [0.15, 0.2) is 48.7 Å². The summed E-state index contributed by atoms with van der Waals surface area (Å²) < 4.78 is 6.90. The number of imidazole rings is 1. The molecule has 0 bridgehead atoms. The predicted octanol–water partition coefficient (Wildman–Crippen LogP) is 3.58. The van der Waals surface area contributed by atoms with Gasteiger partial charge in [-0.15, -0.1) is 0 Å². The van der Waals surface area contributed by atoms with E-state index in [1.165, 1.54) is 0 Å². The molecular formula is C22H26N4O3. The fraction of sp³-hybridized carbons (Fsp3) is 0.318. The van der Waals surface area contributed by atoms with Crippen molar-refractivity contribution in [2.75, 3.05) is 19.0 Å². The summed E-state index contributed by atoms with van der Waals surface area (Å²) in [6.45, 7) is 2.40. The Kier molecular flexibility index (Phi) is 6.84. The highest BCUT2D eigenvalue weighted by Gasteiger charge is 2.15. The van der Waals surface area contributed by atoms with Gasteiger partial charge in [-0.2, -0.15) is 0 Å². The van der Waals surface area contributed by atoms with Gasteiger partial charge in [0.05, 0.1) is 12.8 Å².